The van der Waals surface area contributed by atoms with E-state index >= 15 is 0 Å². The van der Waals surface area contributed by atoms with Gasteiger partial charge in [0.25, 0.3) is 5.56 Å². The molecule has 0 saturated heterocycles. The lowest BCUT2D eigenvalue weighted by Gasteiger charge is -2.02. The number of hydrogen-bond acceptors (Lipinski definition) is 3. The number of pyridine rings is 1. The summed E-state index contributed by atoms with van der Waals surface area (Å²) in [5.74, 6) is 0.114. The van der Waals surface area contributed by atoms with E-state index < -0.39 is 5.56 Å². The maximum atomic E-state index is 11.0. The smallest absolute Gasteiger partial charge is 0.269 e. The van der Waals surface area contributed by atoms with Crippen LogP contribution in [0, 0.1) is 11.3 Å². The summed E-state index contributed by atoms with van der Waals surface area (Å²) in [6.45, 7) is 0. The van der Waals surface area contributed by atoms with Crippen LogP contribution in [0.3, 0.4) is 0 Å². The first-order valence-corrected chi connectivity index (χ1v) is 3.43. The number of halogens is 1. The highest BCUT2D eigenvalue weighted by Gasteiger charge is 2.10. The second-order valence-electron chi connectivity index (χ2n) is 1.99. The molecule has 12 heavy (non-hydrogen) atoms. The summed E-state index contributed by atoms with van der Waals surface area (Å²) in [4.78, 5) is 13.3. The zero-order valence-corrected chi connectivity index (χ0v) is 6.97. The van der Waals surface area contributed by atoms with Gasteiger partial charge < -0.3 is 9.72 Å². The van der Waals surface area contributed by atoms with E-state index in [-0.39, 0.29) is 16.3 Å². The third kappa shape index (κ3) is 1.27. The Bertz CT molecular complexity index is 391. The van der Waals surface area contributed by atoms with E-state index in [1.165, 1.54) is 13.3 Å². The highest BCUT2D eigenvalue weighted by Crippen LogP contribution is 2.23. The minimum atomic E-state index is -0.501. The van der Waals surface area contributed by atoms with Crippen molar-refractivity contribution < 1.29 is 4.74 Å². The van der Waals surface area contributed by atoms with Crippen molar-refractivity contribution in [1.82, 2.24) is 4.98 Å². The Hall–Kier alpha value is -1.47. The van der Waals surface area contributed by atoms with Crippen molar-refractivity contribution in [3.8, 4) is 11.8 Å². The van der Waals surface area contributed by atoms with Crippen molar-refractivity contribution in [3.05, 3.63) is 27.1 Å². The summed E-state index contributed by atoms with van der Waals surface area (Å²) in [5.41, 5.74) is -0.608. The minimum absolute atomic E-state index is 0.106. The molecule has 0 aliphatic heterocycles. The molecule has 0 unspecified atom stereocenters. The molecule has 0 aliphatic rings. The number of nitrogens with one attached hydrogen (secondary N) is 1. The number of H-pyrrole nitrogens is 1. The molecule has 4 nitrogen and oxygen atoms in total. The number of hydrogen-bond donors (Lipinski definition) is 1. The molecule has 0 spiro atoms. The normalized spacial score (nSPS) is 9.08. The lowest BCUT2D eigenvalue weighted by Crippen LogP contribution is -2.10. The molecule has 1 aromatic heterocycles. The zero-order valence-electron chi connectivity index (χ0n) is 6.22. The van der Waals surface area contributed by atoms with Crippen LogP contribution in [0.4, 0.5) is 0 Å². The van der Waals surface area contributed by atoms with Gasteiger partial charge in [0.15, 0.2) is 11.3 Å². The van der Waals surface area contributed by atoms with E-state index in [2.05, 4.69) is 4.98 Å². The van der Waals surface area contributed by atoms with Gasteiger partial charge in [0.1, 0.15) is 11.1 Å². The predicted molar refractivity (Wildman–Crippen MR) is 43.3 cm³/mol. The molecule has 1 N–H and O–H groups in total. The number of rotatable bonds is 1. The van der Waals surface area contributed by atoms with E-state index in [1.54, 1.807) is 6.07 Å². The zero-order chi connectivity index (χ0) is 9.14. The fourth-order valence-corrected chi connectivity index (χ4v) is 1.02. The maximum Gasteiger partial charge on any atom is 0.269 e. The molecule has 62 valence electrons. The third-order valence-electron chi connectivity index (χ3n) is 1.32. The Morgan fingerprint density at radius 2 is 2.42 bits per heavy atom. The summed E-state index contributed by atoms with van der Waals surface area (Å²) in [6, 6.07) is 1.70. The molecule has 0 bridgehead atoms. The van der Waals surface area contributed by atoms with Gasteiger partial charge >= 0.3 is 0 Å². The van der Waals surface area contributed by atoms with E-state index in [9.17, 15) is 4.79 Å². The first-order chi connectivity index (χ1) is 5.70. The number of nitrogens with zero attached hydrogens (tertiary/aromatic N) is 1. The highest BCUT2D eigenvalue weighted by molar-refractivity contribution is 6.32. The highest BCUT2D eigenvalue weighted by atomic mass is 35.5. The summed E-state index contributed by atoms with van der Waals surface area (Å²) in [7, 11) is 1.35. The molecule has 0 atom stereocenters. The average molecular weight is 188 g/mol. The fourth-order valence-electron chi connectivity index (χ4n) is 0.790. The quantitative estimate of drug-likeness (QED) is 0.711. The average Bonchev–Trinajstić information content (AvgIpc) is 2.08. The first kappa shape index (κ1) is 8.62. The molecule has 1 rings (SSSR count). The number of nitriles is 1. The predicted octanol–water partition coefficient (Wildman–Crippen LogP) is 0.909. The second kappa shape index (κ2) is 3.28. The Kier molecular flexibility index (Phi) is 2.36. The minimum Gasteiger partial charge on any atom is -0.494 e. The number of aromatic amines is 1. The van der Waals surface area contributed by atoms with Crippen LogP contribution in [0.25, 0.3) is 0 Å². The molecule has 0 radical (unpaired) electrons. The summed E-state index contributed by atoms with van der Waals surface area (Å²) in [5, 5.41) is 8.76. The molecule has 0 saturated carbocycles. The summed E-state index contributed by atoms with van der Waals surface area (Å²) < 4.78 is 4.77. The Labute approximate surface area is 73.4 Å². The largest absolute Gasteiger partial charge is 0.494 e. The van der Waals surface area contributed by atoms with E-state index in [0.717, 1.165) is 0 Å². The Balaban J connectivity index is 3.52. The van der Waals surface area contributed by atoms with Crippen LogP contribution >= 0.6 is 11.6 Å². The van der Waals surface area contributed by atoms with Crippen LogP contribution < -0.4 is 10.3 Å². The maximum absolute atomic E-state index is 11.0. The SMILES string of the molecule is CO[13c]1c(C#N)c(=O)[nH][13cH][13c]1Cl. The van der Waals surface area contributed by atoms with Crippen molar-refractivity contribution in [2.24, 2.45) is 0 Å². The third-order valence-corrected chi connectivity index (χ3v) is 1.60. The van der Waals surface area contributed by atoms with Crippen LogP contribution in [-0.4, -0.2) is 12.1 Å². The van der Waals surface area contributed by atoms with Gasteiger partial charge in [0.2, 0.25) is 0 Å². The number of ether oxygens (including phenoxy) is 1. The number of aromatic nitrogens is 1. The lowest BCUT2D eigenvalue weighted by atomic mass is 10.5. The van der Waals surface area contributed by atoms with E-state index in [0.29, 0.717) is 0 Å². The van der Waals surface area contributed by atoms with Gasteiger partial charge in [-0.3, -0.25) is 4.79 Å². The van der Waals surface area contributed by atoms with Crippen molar-refractivity contribution in [1.29, 1.82) is 5.26 Å². The van der Waals surface area contributed by atoms with E-state index in [1.807, 2.05) is 0 Å². The lowest BCUT2D eigenvalue weighted by molar-refractivity contribution is 0.412. The molecule has 1 aromatic rings. The molecule has 0 aliphatic carbocycles. The van der Waals surface area contributed by atoms with Gasteiger partial charge in [-0.1, -0.05) is 11.6 Å². The number of methoxy groups -OCH3 is 1. The molecule has 5 heteroatoms. The van der Waals surface area contributed by atoms with Gasteiger partial charge in [-0.25, -0.2) is 0 Å². The summed E-state index contributed by atoms with van der Waals surface area (Å²) in [6.07, 6.45) is 1.28. The Morgan fingerprint density at radius 3 is 2.83 bits per heavy atom. The second-order valence-corrected chi connectivity index (χ2v) is 2.39. The first-order valence-electron chi connectivity index (χ1n) is 3.06. The van der Waals surface area contributed by atoms with Crippen molar-refractivity contribution >= 4 is 11.6 Å². The van der Waals surface area contributed by atoms with Crippen LogP contribution in [0.1, 0.15) is 5.56 Å². The molecule has 1 heterocycles. The van der Waals surface area contributed by atoms with Crippen LogP contribution in [0.5, 0.6) is 5.75 Å². The molecule has 0 fully saturated rings. The van der Waals surface area contributed by atoms with Crippen LogP contribution in [0.2, 0.25) is 5.02 Å². The van der Waals surface area contributed by atoms with Crippen LogP contribution in [0.15, 0.2) is 11.0 Å². The van der Waals surface area contributed by atoms with Gasteiger partial charge in [-0.15, -0.1) is 0 Å². The Morgan fingerprint density at radius 1 is 1.75 bits per heavy atom. The van der Waals surface area contributed by atoms with Gasteiger partial charge in [0, 0.05) is 6.20 Å². The molecule has 0 amide bonds. The van der Waals surface area contributed by atoms with Gasteiger partial charge in [-0.05, 0) is 0 Å². The van der Waals surface area contributed by atoms with Crippen molar-refractivity contribution in [2.45, 2.75) is 0 Å². The van der Waals surface area contributed by atoms with Crippen LogP contribution in [-0.2, 0) is 0 Å². The standard InChI is InChI=1S/C7H5ClN2O2/c1-12-6-4(2-9)7(11)10-3-5(6)8/h3H,1H3,(H,10,11)/i3+1,5+1,6+1. The monoisotopic (exact) mass is 187 g/mol. The fraction of sp³-hybridized carbons (Fsp3) is 0.143. The molecule has 0 aromatic carbocycles. The molecular formula is C7H5ClN2O2. The van der Waals surface area contributed by atoms with Crippen molar-refractivity contribution in [2.75, 3.05) is 7.11 Å². The summed E-state index contributed by atoms with van der Waals surface area (Å²) >= 11 is 5.63. The van der Waals surface area contributed by atoms with E-state index in [4.69, 9.17) is 21.6 Å². The topological polar surface area (TPSA) is 65.9 Å². The molecular weight excluding hydrogens is 183 g/mol. The van der Waals surface area contributed by atoms with Crippen molar-refractivity contribution in [3.63, 3.8) is 0 Å². The van der Waals surface area contributed by atoms with Gasteiger partial charge in [0.05, 0.1) is 7.11 Å². The van der Waals surface area contributed by atoms with Gasteiger partial charge in [-0.2, -0.15) is 5.26 Å².